The molecule has 2 unspecified atom stereocenters. The van der Waals surface area contributed by atoms with Crippen LogP contribution in [0, 0.1) is 24.6 Å². The van der Waals surface area contributed by atoms with Crippen molar-refractivity contribution in [2.75, 3.05) is 13.1 Å². The van der Waals surface area contributed by atoms with E-state index in [0.29, 0.717) is 25.1 Å². The van der Waals surface area contributed by atoms with Crippen LogP contribution in [0.1, 0.15) is 24.5 Å². The molecule has 0 saturated carbocycles. The molecule has 120 valence electrons. The summed E-state index contributed by atoms with van der Waals surface area (Å²) in [6.45, 7) is 4.69. The van der Waals surface area contributed by atoms with Crippen LogP contribution in [0.2, 0.25) is 0 Å². The SMILES string of the molecule is Cc1cc(CNC(=O)N2CC(C)CC(C(=O)O)C2)ccc1F. The molecule has 0 aromatic heterocycles. The number of halogens is 1. The van der Waals surface area contributed by atoms with E-state index in [1.807, 2.05) is 6.92 Å². The van der Waals surface area contributed by atoms with Gasteiger partial charge in [-0.15, -0.1) is 0 Å². The van der Waals surface area contributed by atoms with Crippen LogP contribution in [0.5, 0.6) is 0 Å². The van der Waals surface area contributed by atoms with Crippen molar-refractivity contribution >= 4 is 12.0 Å². The van der Waals surface area contributed by atoms with Crippen molar-refractivity contribution < 1.29 is 19.1 Å². The second-order valence-corrected chi connectivity index (χ2v) is 6.02. The number of likely N-dealkylation sites (tertiary alicyclic amines) is 1. The van der Waals surface area contributed by atoms with Gasteiger partial charge in [0.2, 0.25) is 0 Å². The van der Waals surface area contributed by atoms with E-state index in [1.54, 1.807) is 24.0 Å². The van der Waals surface area contributed by atoms with E-state index < -0.39 is 11.9 Å². The molecule has 0 aliphatic carbocycles. The number of benzene rings is 1. The van der Waals surface area contributed by atoms with E-state index in [1.165, 1.54) is 6.07 Å². The highest BCUT2D eigenvalue weighted by molar-refractivity contribution is 5.76. The molecule has 0 spiro atoms. The Hall–Kier alpha value is -2.11. The van der Waals surface area contributed by atoms with Crippen LogP contribution >= 0.6 is 0 Å². The van der Waals surface area contributed by atoms with Crippen LogP contribution in [0.3, 0.4) is 0 Å². The van der Waals surface area contributed by atoms with Crippen LogP contribution in [0.15, 0.2) is 18.2 Å². The van der Waals surface area contributed by atoms with Gasteiger partial charge < -0.3 is 15.3 Å². The standard InChI is InChI=1S/C16H21FN2O3/c1-10-5-13(15(20)21)9-19(8-10)16(22)18-7-12-3-4-14(17)11(2)6-12/h3-4,6,10,13H,5,7-9H2,1-2H3,(H,18,22)(H,20,21). The number of hydrogen-bond acceptors (Lipinski definition) is 2. The molecular formula is C16H21FN2O3. The molecule has 2 amide bonds. The van der Waals surface area contributed by atoms with Crippen molar-refractivity contribution in [2.24, 2.45) is 11.8 Å². The third-order valence-electron chi connectivity index (χ3n) is 3.96. The van der Waals surface area contributed by atoms with Gasteiger partial charge in [-0.05, 0) is 36.5 Å². The lowest BCUT2D eigenvalue weighted by molar-refractivity contribution is -0.143. The first kappa shape index (κ1) is 16.3. The molecular weight excluding hydrogens is 287 g/mol. The van der Waals surface area contributed by atoms with Gasteiger partial charge in [-0.1, -0.05) is 19.1 Å². The number of piperidine rings is 1. The number of nitrogens with one attached hydrogen (secondary N) is 1. The maximum atomic E-state index is 13.2. The topological polar surface area (TPSA) is 69.6 Å². The Morgan fingerprint density at radius 3 is 2.77 bits per heavy atom. The smallest absolute Gasteiger partial charge is 0.317 e. The minimum absolute atomic E-state index is 0.161. The Labute approximate surface area is 129 Å². The molecule has 0 radical (unpaired) electrons. The number of aliphatic carboxylic acids is 1. The average molecular weight is 308 g/mol. The zero-order valence-corrected chi connectivity index (χ0v) is 12.8. The fraction of sp³-hybridized carbons (Fsp3) is 0.500. The van der Waals surface area contributed by atoms with Crippen LogP contribution in [0.25, 0.3) is 0 Å². The van der Waals surface area contributed by atoms with E-state index >= 15 is 0 Å². The van der Waals surface area contributed by atoms with Gasteiger partial charge in [-0.2, -0.15) is 0 Å². The van der Waals surface area contributed by atoms with Gasteiger partial charge in [0.05, 0.1) is 5.92 Å². The molecule has 2 atom stereocenters. The molecule has 22 heavy (non-hydrogen) atoms. The number of rotatable bonds is 3. The lowest BCUT2D eigenvalue weighted by atomic mass is 9.91. The summed E-state index contributed by atoms with van der Waals surface area (Å²) in [5, 5.41) is 11.9. The number of carbonyl (C=O) groups excluding carboxylic acids is 1. The normalized spacial score (nSPS) is 21.5. The van der Waals surface area contributed by atoms with Gasteiger partial charge in [-0.25, -0.2) is 9.18 Å². The largest absolute Gasteiger partial charge is 0.481 e. The minimum Gasteiger partial charge on any atom is -0.481 e. The van der Waals surface area contributed by atoms with Crippen LogP contribution in [-0.2, 0) is 11.3 Å². The Kier molecular flexibility index (Phi) is 5.00. The highest BCUT2D eigenvalue weighted by Crippen LogP contribution is 2.21. The quantitative estimate of drug-likeness (QED) is 0.901. The number of urea groups is 1. The molecule has 1 aromatic carbocycles. The van der Waals surface area contributed by atoms with Gasteiger partial charge >= 0.3 is 12.0 Å². The summed E-state index contributed by atoms with van der Waals surface area (Å²) in [4.78, 5) is 24.9. The van der Waals surface area contributed by atoms with E-state index in [2.05, 4.69) is 5.32 Å². The summed E-state index contributed by atoms with van der Waals surface area (Å²) in [6.07, 6.45) is 0.594. The second kappa shape index (κ2) is 6.77. The van der Waals surface area contributed by atoms with Crippen molar-refractivity contribution in [2.45, 2.75) is 26.8 Å². The maximum absolute atomic E-state index is 13.2. The Morgan fingerprint density at radius 2 is 2.14 bits per heavy atom. The summed E-state index contributed by atoms with van der Waals surface area (Å²) in [7, 11) is 0. The van der Waals surface area contributed by atoms with Crippen molar-refractivity contribution in [3.8, 4) is 0 Å². The molecule has 1 aliphatic heterocycles. The molecule has 1 fully saturated rings. The van der Waals surface area contributed by atoms with E-state index in [-0.39, 0.29) is 24.3 Å². The van der Waals surface area contributed by atoms with Crippen LogP contribution in [0.4, 0.5) is 9.18 Å². The van der Waals surface area contributed by atoms with Gasteiger partial charge in [0.15, 0.2) is 0 Å². The number of carboxylic acid groups (broad SMARTS) is 1. The Bertz CT molecular complexity index is 577. The van der Waals surface area contributed by atoms with Gasteiger partial charge in [0.25, 0.3) is 0 Å². The zero-order chi connectivity index (χ0) is 16.3. The number of nitrogens with zero attached hydrogens (tertiary/aromatic N) is 1. The van der Waals surface area contributed by atoms with E-state index in [0.717, 1.165) is 5.56 Å². The summed E-state index contributed by atoms with van der Waals surface area (Å²) < 4.78 is 13.2. The fourth-order valence-corrected chi connectivity index (χ4v) is 2.80. The summed E-state index contributed by atoms with van der Waals surface area (Å²) in [6, 6.07) is 4.41. The number of carbonyl (C=O) groups is 2. The molecule has 2 rings (SSSR count). The first-order valence-corrected chi connectivity index (χ1v) is 7.37. The molecule has 1 aliphatic rings. The lowest BCUT2D eigenvalue weighted by Crippen LogP contribution is -2.49. The first-order valence-electron chi connectivity index (χ1n) is 7.37. The average Bonchev–Trinajstić information content (AvgIpc) is 2.47. The highest BCUT2D eigenvalue weighted by atomic mass is 19.1. The number of hydrogen-bond donors (Lipinski definition) is 2. The van der Waals surface area contributed by atoms with Crippen LogP contribution in [-0.4, -0.2) is 35.1 Å². The highest BCUT2D eigenvalue weighted by Gasteiger charge is 2.31. The van der Waals surface area contributed by atoms with Crippen molar-refractivity contribution in [3.63, 3.8) is 0 Å². The van der Waals surface area contributed by atoms with Crippen LogP contribution < -0.4 is 5.32 Å². The molecule has 1 aromatic rings. The predicted molar refractivity (Wildman–Crippen MR) is 79.9 cm³/mol. The summed E-state index contributed by atoms with van der Waals surface area (Å²) >= 11 is 0. The molecule has 6 heteroatoms. The minimum atomic E-state index is -0.862. The number of carboxylic acids is 1. The second-order valence-electron chi connectivity index (χ2n) is 6.02. The van der Waals surface area contributed by atoms with Crippen molar-refractivity contribution in [1.29, 1.82) is 0 Å². The predicted octanol–water partition coefficient (Wildman–Crippen LogP) is 2.39. The summed E-state index contributed by atoms with van der Waals surface area (Å²) in [5.74, 6) is -1.49. The van der Waals surface area contributed by atoms with E-state index in [4.69, 9.17) is 5.11 Å². The molecule has 2 N–H and O–H groups in total. The van der Waals surface area contributed by atoms with E-state index in [9.17, 15) is 14.0 Å². The lowest BCUT2D eigenvalue weighted by Gasteiger charge is -2.34. The zero-order valence-electron chi connectivity index (χ0n) is 12.8. The molecule has 1 heterocycles. The fourth-order valence-electron chi connectivity index (χ4n) is 2.80. The number of amides is 2. The van der Waals surface area contributed by atoms with Crippen molar-refractivity contribution in [1.82, 2.24) is 10.2 Å². The summed E-state index contributed by atoms with van der Waals surface area (Å²) in [5.41, 5.74) is 1.34. The van der Waals surface area contributed by atoms with Crippen molar-refractivity contribution in [3.05, 3.63) is 35.1 Å². The van der Waals surface area contributed by atoms with Gasteiger partial charge in [-0.3, -0.25) is 4.79 Å². The first-order chi connectivity index (χ1) is 10.4. The molecule has 5 nitrogen and oxygen atoms in total. The van der Waals surface area contributed by atoms with Gasteiger partial charge in [0.1, 0.15) is 5.82 Å². The maximum Gasteiger partial charge on any atom is 0.317 e. The monoisotopic (exact) mass is 308 g/mol. The molecule has 0 bridgehead atoms. The van der Waals surface area contributed by atoms with Gasteiger partial charge in [0, 0.05) is 19.6 Å². The Morgan fingerprint density at radius 1 is 1.41 bits per heavy atom. The number of aryl methyl sites for hydroxylation is 1. The molecule has 1 saturated heterocycles. The Balaban J connectivity index is 1.93. The third-order valence-corrected chi connectivity index (χ3v) is 3.96. The third kappa shape index (κ3) is 3.96.